The van der Waals surface area contributed by atoms with Gasteiger partial charge >= 0.3 is 0 Å². The maximum absolute atomic E-state index is 12.2. The second kappa shape index (κ2) is 3.32. The molecule has 0 aromatic rings. The molecule has 0 aromatic heterocycles. The smallest absolute Gasteiger partial charge is 0.163 e. The van der Waals surface area contributed by atoms with Gasteiger partial charge in [-0.05, 0) is 30.1 Å². The van der Waals surface area contributed by atoms with Gasteiger partial charge in [0.05, 0.1) is 0 Å². The summed E-state index contributed by atoms with van der Waals surface area (Å²) in [6.07, 6.45) is 6.17. The van der Waals surface area contributed by atoms with E-state index >= 15 is 0 Å². The Morgan fingerprint density at radius 3 is 2.69 bits per heavy atom. The number of Topliss-reactive ketones (excluding diaryl/α,β-unsaturated/α-hetero) is 1. The molecule has 0 heterocycles. The molecule has 0 aromatic carbocycles. The molecule has 2 aliphatic carbocycles. The van der Waals surface area contributed by atoms with Crippen molar-refractivity contribution in [1.29, 1.82) is 0 Å². The van der Waals surface area contributed by atoms with Crippen LogP contribution in [0.5, 0.6) is 0 Å². The summed E-state index contributed by atoms with van der Waals surface area (Å²) in [5.74, 6) is 0.951. The van der Waals surface area contributed by atoms with Gasteiger partial charge in [0.1, 0.15) is 0 Å². The molecular formula is C15H22O. The predicted molar refractivity (Wildman–Crippen MR) is 67.1 cm³/mol. The molecule has 16 heavy (non-hydrogen) atoms. The minimum Gasteiger partial charge on any atom is -0.294 e. The summed E-state index contributed by atoms with van der Waals surface area (Å²) in [5, 5.41) is 0. The lowest BCUT2D eigenvalue weighted by molar-refractivity contribution is -0.116. The lowest BCUT2D eigenvalue weighted by Gasteiger charge is -2.20. The van der Waals surface area contributed by atoms with Gasteiger partial charge in [-0.1, -0.05) is 45.4 Å². The molecule has 88 valence electrons. The quantitative estimate of drug-likeness (QED) is 0.687. The number of rotatable bonds is 2. The largest absolute Gasteiger partial charge is 0.294 e. The summed E-state index contributed by atoms with van der Waals surface area (Å²) in [7, 11) is 0. The Labute approximate surface area is 98.6 Å². The zero-order valence-corrected chi connectivity index (χ0v) is 11.1. The number of ketones is 1. The van der Waals surface area contributed by atoms with Gasteiger partial charge in [0.25, 0.3) is 0 Å². The zero-order valence-electron chi connectivity index (χ0n) is 11.1. The van der Waals surface area contributed by atoms with E-state index in [9.17, 15) is 4.79 Å². The van der Waals surface area contributed by atoms with Crippen molar-refractivity contribution in [2.45, 2.75) is 47.5 Å². The molecule has 0 radical (unpaired) electrons. The lowest BCUT2D eigenvalue weighted by Crippen LogP contribution is -2.17. The van der Waals surface area contributed by atoms with E-state index in [4.69, 9.17) is 0 Å². The first-order chi connectivity index (χ1) is 7.23. The molecule has 0 spiro atoms. The van der Waals surface area contributed by atoms with Gasteiger partial charge in [-0.25, -0.2) is 0 Å². The molecule has 2 rings (SSSR count). The molecule has 0 N–H and O–H groups in total. The van der Waals surface area contributed by atoms with E-state index in [2.05, 4.69) is 46.8 Å². The van der Waals surface area contributed by atoms with E-state index in [0.29, 0.717) is 23.5 Å². The predicted octanol–water partition coefficient (Wildman–Crippen LogP) is 3.90. The summed E-state index contributed by atoms with van der Waals surface area (Å²) in [6.45, 7) is 10.8. The number of allylic oxidation sites excluding steroid dienone is 4. The van der Waals surface area contributed by atoms with Crippen molar-refractivity contribution >= 4 is 5.78 Å². The van der Waals surface area contributed by atoms with Crippen LogP contribution in [0.4, 0.5) is 0 Å². The second-order valence-electron chi connectivity index (χ2n) is 6.85. The van der Waals surface area contributed by atoms with Crippen molar-refractivity contribution in [3.05, 3.63) is 23.3 Å². The van der Waals surface area contributed by atoms with Crippen LogP contribution in [0.25, 0.3) is 0 Å². The summed E-state index contributed by atoms with van der Waals surface area (Å²) in [4.78, 5) is 12.2. The molecule has 0 saturated heterocycles. The minimum absolute atomic E-state index is 0.0858. The number of fused-ring (bicyclic) bond motifs is 1. The van der Waals surface area contributed by atoms with Crippen molar-refractivity contribution in [3.8, 4) is 0 Å². The number of carbonyl (C=O) groups is 1. The van der Waals surface area contributed by atoms with E-state index < -0.39 is 0 Å². The molecule has 1 fully saturated rings. The highest BCUT2D eigenvalue weighted by Crippen LogP contribution is 2.60. The average molecular weight is 218 g/mol. The van der Waals surface area contributed by atoms with E-state index in [1.54, 1.807) is 0 Å². The van der Waals surface area contributed by atoms with Crippen molar-refractivity contribution in [3.63, 3.8) is 0 Å². The Morgan fingerprint density at radius 2 is 2.12 bits per heavy atom. The summed E-state index contributed by atoms with van der Waals surface area (Å²) < 4.78 is 0. The number of hydrogen-bond donors (Lipinski definition) is 0. The molecule has 0 amide bonds. The first-order valence-electron chi connectivity index (χ1n) is 6.16. The molecule has 0 aliphatic heterocycles. The standard InChI is InChI=1S/C15H22O/c1-10-11(13(16)9-14(2,3)4)6-7-15(5)8-12(10)15/h6-7,12H,8-9H2,1-5H3. The third-order valence-corrected chi connectivity index (χ3v) is 3.85. The van der Waals surface area contributed by atoms with Crippen LogP contribution in [-0.2, 0) is 4.79 Å². The van der Waals surface area contributed by atoms with E-state index in [1.165, 1.54) is 12.0 Å². The van der Waals surface area contributed by atoms with Gasteiger partial charge in [0, 0.05) is 12.0 Å². The lowest BCUT2D eigenvalue weighted by atomic mass is 9.83. The Hall–Kier alpha value is -0.850. The van der Waals surface area contributed by atoms with Crippen molar-refractivity contribution in [2.75, 3.05) is 0 Å². The van der Waals surface area contributed by atoms with Crippen LogP contribution < -0.4 is 0 Å². The maximum atomic E-state index is 12.2. The van der Waals surface area contributed by atoms with Gasteiger partial charge in [0.15, 0.2) is 5.78 Å². The monoisotopic (exact) mass is 218 g/mol. The Kier molecular flexibility index (Phi) is 2.41. The molecular weight excluding hydrogens is 196 g/mol. The van der Waals surface area contributed by atoms with Crippen LogP contribution >= 0.6 is 0 Å². The van der Waals surface area contributed by atoms with Crippen LogP contribution in [-0.4, -0.2) is 5.78 Å². The van der Waals surface area contributed by atoms with Gasteiger partial charge in [0.2, 0.25) is 0 Å². The molecule has 2 unspecified atom stereocenters. The topological polar surface area (TPSA) is 17.1 Å². The SMILES string of the molecule is CC1=C(C(=O)CC(C)(C)C)C=CC2(C)CC12. The highest BCUT2D eigenvalue weighted by Gasteiger charge is 2.51. The fourth-order valence-corrected chi connectivity index (χ4v) is 2.70. The van der Waals surface area contributed by atoms with Gasteiger partial charge in [-0.3, -0.25) is 4.79 Å². The average Bonchev–Trinajstić information content (AvgIpc) is 2.75. The van der Waals surface area contributed by atoms with Crippen LogP contribution in [0.3, 0.4) is 0 Å². The third-order valence-electron chi connectivity index (χ3n) is 3.85. The van der Waals surface area contributed by atoms with Crippen LogP contribution in [0.1, 0.15) is 47.5 Å². The summed E-state index contributed by atoms with van der Waals surface area (Å²) in [6, 6.07) is 0. The normalized spacial score (nSPS) is 32.7. The van der Waals surface area contributed by atoms with E-state index in [-0.39, 0.29) is 5.41 Å². The van der Waals surface area contributed by atoms with Gasteiger partial charge < -0.3 is 0 Å². The molecule has 0 bridgehead atoms. The molecule has 2 atom stereocenters. The fraction of sp³-hybridized carbons (Fsp3) is 0.667. The van der Waals surface area contributed by atoms with E-state index in [0.717, 1.165) is 5.57 Å². The van der Waals surface area contributed by atoms with Crippen LogP contribution in [0.15, 0.2) is 23.3 Å². The minimum atomic E-state index is 0.0858. The molecule has 2 aliphatic rings. The Morgan fingerprint density at radius 1 is 1.50 bits per heavy atom. The van der Waals surface area contributed by atoms with Crippen molar-refractivity contribution in [2.24, 2.45) is 16.7 Å². The third kappa shape index (κ3) is 2.00. The zero-order chi connectivity index (χ0) is 12.1. The Balaban J connectivity index is 2.17. The maximum Gasteiger partial charge on any atom is 0.163 e. The van der Waals surface area contributed by atoms with Crippen molar-refractivity contribution in [1.82, 2.24) is 0 Å². The van der Waals surface area contributed by atoms with Crippen LogP contribution in [0.2, 0.25) is 0 Å². The first-order valence-corrected chi connectivity index (χ1v) is 6.16. The number of hydrogen-bond acceptors (Lipinski definition) is 1. The number of carbonyl (C=O) groups excluding carboxylic acids is 1. The molecule has 1 nitrogen and oxygen atoms in total. The van der Waals surface area contributed by atoms with Crippen molar-refractivity contribution < 1.29 is 4.79 Å². The first kappa shape index (κ1) is 11.6. The molecule has 1 saturated carbocycles. The fourth-order valence-electron chi connectivity index (χ4n) is 2.70. The van der Waals surface area contributed by atoms with Crippen LogP contribution in [0, 0.1) is 16.7 Å². The van der Waals surface area contributed by atoms with Gasteiger partial charge in [-0.15, -0.1) is 0 Å². The molecule has 1 heteroatoms. The van der Waals surface area contributed by atoms with E-state index in [1.807, 2.05) is 0 Å². The summed E-state index contributed by atoms with van der Waals surface area (Å²) >= 11 is 0. The second-order valence-corrected chi connectivity index (χ2v) is 6.85. The highest BCUT2D eigenvalue weighted by molar-refractivity contribution is 5.99. The summed E-state index contributed by atoms with van der Waals surface area (Å²) in [5.41, 5.74) is 2.76. The van der Waals surface area contributed by atoms with Gasteiger partial charge in [-0.2, -0.15) is 0 Å². The highest BCUT2D eigenvalue weighted by atomic mass is 16.1. The Bertz CT molecular complexity index is 392.